The topological polar surface area (TPSA) is 472 Å². The second kappa shape index (κ2) is 25.1. The van der Waals surface area contributed by atoms with Crippen LogP contribution in [-0.2, 0) is 80.9 Å². The van der Waals surface area contributed by atoms with Crippen LogP contribution in [0.25, 0.3) is 76.8 Å². The molecule has 0 bridgehead atoms. The third-order valence-electron chi connectivity index (χ3n) is 15.5. The molecule has 12 aromatic rings. The highest BCUT2D eigenvalue weighted by atomic mass is 32.2. The molecular formula is C64H42O28S8. The summed E-state index contributed by atoms with van der Waals surface area (Å²) in [6.45, 7) is 0. The first-order valence-corrected chi connectivity index (χ1v) is 39.4. The number of hydrogen-bond donors (Lipinski definition) is 8. The summed E-state index contributed by atoms with van der Waals surface area (Å²) in [6, 6.07) is 38.0. The molecule has 0 aliphatic carbocycles. The van der Waals surface area contributed by atoms with Crippen molar-refractivity contribution in [3.8, 4) is 90.5 Å². The lowest BCUT2D eigenvalue weighted by Gasteiger charge is -2.23. The van der Waals surface area contributed by atoms with Crippen molar-refractivity contribution in [2.24, 2.45) is 0 Å². The Balaban J connectivity index is 1.17. The van der Waals surface area contributed by atoms with Gasteiger partial charge in [-0.1, -0.05) is 48.5 Å². The molecule has 12 aromatic carbocycles. The van der Waals surface area contributed by atoms with Crippen molar-refractivity contribution < 1.29 is 123 Å². The van der Waals surface area contributed by atoms with Gasteiger partial charge in [-0.25, -0.2) is 0 Å². The molecule has 0 aliphatic rings. The predicted octanol–water partition coefficient (Wildman–Crippen LogP) is 12.4. The molecule has 8 N–H and O–H groups in total. The molecule has 0 saturated heterocycles. The fraction of sp³-hybridized carbons (Fsp3) is 0. The van der Waals surface area contributed by atoms with Crippen LogP contribution in [-0.4, -0.2) is 104 Å². The molecule has 0 unspecified atom stereocenters. The Hall–Kier alpha value is -9.84. The lowest BCUT2D eigenvalue weighted by molar-refractivity contribution is 0.466. The standard InChI is InChI=1S/C64H42O28S8/c65-93(66,67)39-9-1-35(2-10-39)51-29-43(97(77,78)79)17-25-55(51)89-59-33-60(90-56-26-18-44(98(80,81)82)30-52(56)36-3-11-40(12-4-36)94(68,69)70)48-23-24-50-62(92-58-28-20-46(100(86,87)88)32-54(58)38-7-15-42(16-8-38)96(74,75)76)34-61(49-22-21-47(59)63(48)64(49)50)91-57-27-19-45(99(83,84)85)31-53(57)37-5-13-41(14-6-37)95(71,72)73/h1-34H,(H,65,66,67)(H,68,69,70)(H,71,72,73)(H,74,75,76)(H,77,78,79)(H,80,81,82)(H,83,84,85)(H,86,87,88). The van der Waals surface area contributed by atoms with E-state index in [0.29, 0.717) is 0 Å². The minimum absolute atomic E-state index is 0.0333. The molecule has 514 valence electrons. The van der Waals surface area contributed by atoms with Gasteiger partial charge in [0.05, 0.1) is 39.2 Å². The van der Waals surface area contributed by atoms with Crippen LogP contribution in [0.15, 0.2) is 245 Å². The first-order valence-electron chi connectivity index (χ1n) is 27.9. The zero-order valence-corrected chi connectivity index (χ0v) is 56.2. The van der Waals surface area contributed by atoms with Crippen molar-refractivity contribution in [1.82, 2.24) is 0 Å². The van der Waals surface area contributed by atoms with Gasteiger partial charge in [0.2, 0.25) is 0 Å². The summed E-state index contributed by atoms with van der Waals surface area (Å²) in [4.78, 5) is -5.06. The Morgan fingerprint density at radius 2 is 0.340 bits per heavy atom. The lowest BCUT2D eigenvalue weighted by Crippen LogP contribution is -2.02. The van der Waals surface area contributed by atoms with E-state index < -0.39 is 120 Å². The maximum absolute atomic E-state index is 12.7. The number of hydrogen-bond acceptors (Lipinski definition) is 20. The normalized spacial score (nSPS) is 12.8. The molecule has 0 amide bonds. The summed E-state index contributed by atoms with van der Waals surface area (Å²) in [5.74, 6) is -1.73. The van der Waals surface area contributed by atoms with E-state index in [1.54, 1.807) is 0 Å². The lowest BCUT2D eigenvalue weighted by atomic mass is 9.92. The van der Waals surface area contributed by atoms with Crippen LogP contribution in [0, 0.1) is 0 Å². The van der Waals surface area contributed by atoms with Crippen molar-refractivity contribution >= 4 is 113 Å². The van der Waals surface area contributed by atoms with Gasteiger partial charge in [0.15, 0.2) is 0 Å². The van der Waals surface area contributed by atoms with E-state index in [4.69, 9.17) is 18.9 Å². The smallest absolute Gasteiger partial charge is 0.294 e. The summed E-state index contributed by atoms with van der Waals surface area (Å²) in [5, 5.41) is 0.703. The summed E-state index contributed by atoms with van der Waals surface area (Å²) in [6.07, 6.45) is 0. The molecule has 0 aromatic heterocycles. The van der Waals surface area contributed by atoms with Crippen molar-refractivity contribution in [2.45, 2.75) is 39.2 Å². The second-order valence-corrected chi connectivity index (χ2v) is 33.1. The molecule has 0 spiro atoms. The van der Waals surface area contributed by atoms with Crippen LogP contribution in [0.3, 0.4) is 0 Å². The monoisotopic (exact) mass is 1510 g/mol. The Labute approximate surface area is 567 Å². The molecule has 0 fully saturated rings. The Bertz CT molecular complexity index is 5620. The van der Waals surface area contributed by atoms with E-state index in [1.165, 1.54) is 84.9 Å². The van der Waals surface area contributed by atoms with Gasteiger partial charge >= 0.3 is 0 Å². The maximum atomic E-state index is 12.7. The van der Waals surface area contributed by atoms with Gasteiger partial charge in [-0.05, 0) is 168 Å². The quantitative estimate of drug-likeness (QED) is 0.0259. The van der Waals surface area contributed by atoms with Gasteiger partial charge in [-0.15, -0.1) is 0 Å². The largest absolute Gasteiger partial charge is 0.456 e. The van der Waals surface area contributed by atoms with Gasteiger partial charge in [0, 0.05) is 66.7 Å². The van der Waals surface area contributed by atoms with E-state index >= 15 is 0 Å². The van der Waals surface area contributed by atoms with Crippen LogP contribution in [0.5, 0.6) is 46.0 Å². The molecular weight excluding hydrogens is 1470 g/mol. The second-order valence-electron chi connectivity index (χ2n) is 21.8. The average molecular weight is 1520 g/mol. The fourth-order valence-corrected chi connectivity index (χ4v) is 14.8. The Kier molecular flexibility index (Phi) is 17.6. The zero-order valence-electron chi connectivity index (χ0n) is 49.6. The minimum Gasteiger partial charge on any atom is -0.456 e. The molecule has 28 nitrogen and oxygen atoms in total. The molecule has 0 radical (unpaired) electrons. The van der Waals surface area contributed by atoms with Crippen molar-refractivity contribution in [3.05, 3.63) is 206 Å². The van der Waals surface area contributed by atoms with Gasteiger partial charge < -0.3 is 18.9 Å². The van der Waals surface area contributed by atoms with E-state index in [2.05, 4.69) is 0 Å². The summed E-state index contributed by atoms with van der Waals surface area (Å²) in [7, 11) is -39.2. The van der Waals surface area contributed by atoms with Gasteiger partial charge in [-0.3, -0.25) is 36.4 Å². The van der Waals surface area contributed by atoms with Gasteiger partial charge in [-0.2, -0.15) is 67.3 Å². The Morgan fingerprint density at radius 3 is 0.500 bits per heavy atom. The SMILES string of the molecule is O=S(=O)(O)c1ccc(-c2cc(S(=O)(=O)O)ccc2Oc2cc(Oc3ccc(S(=O)(=O)O)cc3-c3ccc(S(=O)(=O)O)cc3)c3ccc4c(Oc5ccc(S(=O)(=O)O)cc5-c5ccc(S(=O)(=O)O)cc5)cc(Oc5ccc(S(=O)(=O)O)cc5-c5ccc(S(=O)(=O)O)cc5)c5ccc2c3c54)cc1. The van der Waals surface area contributed by atoms with Crippen molar-refractivity contribution in [2.75, 3.05) is 0 Å². The van der Waals surface area contributed by atoms with E-state index in [-0.39, 0.29) is 123 Å². The third kappa shape index (κ3) is 14.3. The van der Waals surface area contributed by atoms with Crippen LogP contribution in [0.2, 0.25) is 0 Å². The maximum Gasteiger partial charge on any atom is 0.294 e. The van der Waals surface area contributed by atoms with Gasteiger partial charge in [0.25, 0.3) is 80.9 Å². The van der Waals surface area contributed by atoms with E-state index in [9.17, 15) is 104 Å². The number of benzene rings is 12. The average Bonchev–Trinajstić information content (AvgIpc) is 0.714. The molecule has 12 rings (SSSR count). The van der Waals surface area contributed by atoms with Crippen LogP contribution in [0.1, 0.15) is 0 Å². The number of ether oxygens (including phenoxy) is 4. The molecule has 100 heavy (non-hydrogen) atoms. The first-order chi connectivity index (χ1) is 46.6. The molecule has 0 atom stereocenters. The number of rotatable bonds is 20. The van der Waals surface area contributed by atoms with E-state index in [1.807, 2.05) is 0 Å². The van der Waals surface area contributed by atoms with Crippen LogP contribution < -0.4 is 18.9 Å². The van der Waals surface area contributed by atoms with E-state index in [0.717, 1.165) is 121 Å². The summed E-state index contributed by atoms with van der Waals surface area (Å²) < 4.78 is 307. The van der Waals surface area contributed by atoms with Gasteiger partial charge in [0.1, 0.15) is 46.0 Å². The van der Waals surface area contributed by atoms with Crippen molar-refractivity contribution in [3.63, 3.8) is 0 Å². The fourth-order valence-electron chi connectivity index (χ4n) is 10.8. The third-order valence-corrected chi connectivity index (χ3v) is 22.3. The molecule has 0 heterocycles. The summed E-state index contributed by atoms with van der Waals surface area (Å²) >= 11 is 0. The molecule has 0 aliphatic heterocycles. The van der Waals surface area contributed by atoms with Crippen LogP contribution >= 0.6 is 0 Å². The minimum atomic E-state index is -5.01. The highest BCUT2D eigenvalue weighted by Crippen LogP contribution is 2.53. The predicted molar refractivity (Wildman–Crippen MR) is 356 cm³/mol. The van der Waals surface area contributed by atoms with Crippen LogP contribution in [0.4, 0.5) is 0 Å². The highest BCUT2D eigenvalue weighted by Gasteiger charge is 2.28. The first kappa shape index (κ1) is 70.0. The van der Waals surface area contributed by atoms with Crippen molar-refractivity contribution in [1.29, 1.82) is 0 Å². The molecule has 36 heteroatoms. The highest BCUT2D eigenvalue weighted by molar-refractivity contribution is 7.87. The zero-order chi connectivity index (χ0) is 72.2. The Morgan fingerprint density at radius 1 is 0.180 bits per heavy atom. The summed E-state index contributed by atoms with van der Waals surface area (Å²) in [5.41, 5.74) is -0.423. The molecule has 0 saturated carbocycles.